The van der Waals surface area contributed by atoms with Gasteiger partial charge in [0.2, 0.25) is 0 Å². The highest BCUT2D eigenvalue weighted by Crippen LogP contribution is 2.30. The molecule has 0 saturated carbocycles. The van der Waals surface area contributed by atoms with Gasteiger partial charge in [0.1, 0.15) is 0 Å². The van der Waals surface area contributed by atoms with E-state index in [2.05, 4.69) is 34.6 Å². The Morgan fingerprint density at radius 2 is 1.79 bits per heavy atom. The van der Waals surface area contributed by atoms with Gasteiger partial charge >= 0.3 is 0 Å². The van der Waals surface area contributed by atoms with Gasteiger partial charge in [-0.15, -0.1) is 24.8 Å². The van der Waals surface area contributed by atoms with Gasteiger partial charge in [-0.3, -0.25) is 4.79 Å². The molecule has 3 rings (SSSR count). The van der Waals surface area contributed by atoms with Crippen molar-refractivity contribution in [3.63, 3.8) is 0 Å². The summed E-state index contributed by atoms with van der Waals surface area (Å²) in [6.07, 6.45) is 1.72. The zero-order valence-corrected chi connectivity index (χ0v) is 19.3. The van der Waals surface area contributed by atoms with E-state index in [0.29, 0.717) is 13.1 Å². The van der Waals surface area contributed by atoms with Crippen molar-refractivity contribution in [2.75, 3.05) is 13.1 Å². The molecule has 3 heterocycles. The van der Waals surface area contributed by atoms with Gasteiger partial charge in [-0.25, -0.2) is 9.67 Å². The molecule has 0 unspecified atom stereocenters. The Kier molecular flexibility index (Phi) is 7.90. The van der Waals surface area contributed by atoms with Gasteiger partial charge in [-0.1, -0.05) is 13.8 Å². The quantitative estimate of drug-likeness (QED) is 0.781. The van der Waals surface area contributed by atoms with Crippen molar-refractivity contribution in [1.29, 1.82) is 0 Å². The molecule has 158 valence electrons. The Hall–Kier alpha value is -1.37. The number of nitrogens with two attached hydrogens (primary N) is 1. The summed E-state index contributed by atoms with van der Waals surface area (Å²) < 4.78 is 1.95. The van der Waals surface area contributed by atoms with Crippen LogP contribution in [0.4, 0.5) is 0 Å². The summed E-state index contributed by atoms with van der Waals surface area (Å²) in [5.41, 5.74) is 9.12. The van der Waals surface area contributed by atoms with Crippen LogP contribution >= 0.6 is 24.8 Å². The predicted octanol–water partition coefficient (Wildman–Crippen LogP) is 4.03. The summed E-state index contributed by atoms with van der Waals surface area (Å²) in [5.74, 6) is 0.312. The van der Waals surface area contributed by atoms with Crippen molar-refractivity contribution in [2.45, 2.75) is 71.9 Å². The van der Waals surface area contributed by atoms with Crippen LogP contribution in [0.1, 0.15) is 75.1 Å². The van der Waals surface area contributed by atoms with Crippen molar-refractivity contribution in [3.8, 4) is 0 Å². The summed E-state index contributed by atoms with van der Waals surface area (Å²) in [4.78, 5) is 20.1. The lowest BCUT2D eigenvalue weighted by Gasteiger charge is -2.30. The number of carbonyl (C=O) groups is 1. The van der Waals surface area contributed by atoms with E-state index in [4.69, 9.17) is 15.8 Å². The van der Waals surface area contributed by atoms with Gasteiger partial charge in [0.05, 0.1) is 22.2 Å². The summed E-state index contributed by atoms with van der Waals surface area (Å²) in [6.45, 7) is 13.9. The number of halogens is 2. The molecule has 0 aromatic carbocycles. The van der Waals surface area contributed by atoms with E-state index in [0.717, 1.165) is 40.8 Å². The topological polar surface area (TPSA) is 77.0 Å². The van der Waals surface area contributed by atoms with Crippen LogP contribution in [0.2, 0.25) is 0 Å². The van der Waals surface area contributed by atoms with E-state index in [1.807, 2.05) is 22.6 Å². The Balaban J connectivity index is 0.00000196. The molecule has 28 heavy (non-hydrogen) atoms. The molecule has 1 amide bonds. The second-order valence-electron chi connectivity index (χ2n) is 8.75. The van der Waals surface area contributed by atoms with E-state index >= 15 is 0 Å². The molecule has 0 aliphatic carbocycles. The van der Waals surface area contributed by atoms with Gasteiger partial charge in [0, 0.05) is 24.8 Å². The molecule has 2 aromatic rings. The molecule has 1 aliphatic rings. The molecule has 2 aromatic heterocycles. The van der Waals surface area contributed by atoms with Crippen LogP contribution in [0.3, 0.4) is 0 Å². The molecule has 1 fully saturated rings. The number of nitrogens with zero attached hydrogens (tertiary/aromatic N) is 4. The molecule has 8 heteroatoms. The SMILES string of the molecule is Cc1nn(C(C)(C)C)c2nc(C(C)C)cc(C(=O)N3CCC(N)CC3)c12.Cl.Cl. The number of fused-ring (bicyclic) bond motifs is 1. The predicted molar refractivity (Wildman–Crippen MR) is 119 cm³/mol. The number of likely N-dealkylation sites (tertiary alicyclic amines) is 1. The largest absolute Gasteiger partial charge is 0.339 e. The molecule has 6 nitrogen and oxygen atoms in total. The Labute approximate surface area is 180 Å². The van der Waals surface area contributed by atoms with Gasteiger partial charge in [-0.2, -0.15) is 5.10 Å². The lowest BCUT2D eigenvalue weighted by atomic mass is 10.0. The molecule has 0 radical (unpaired) electrons. The maximum absolute atomic E-state index is 13.3. The fourth-order valence-electron chi connectivity index (χ4n) is 3.51. The maximum Gasteiger partial charge on any atom is 0.254 e. The Bertz CT molecular complexity index is 833. The fourth-order valence-corrected chi connectivity index (χ4v) is 3.51. The third kappa shape index (κ3) is 4.61. The van der Waals surface area contributed by atoms with Gasteiger partial charge < -0.3 is 10.6 Å². The van der Waals surface area contributed by atoms with Crippen LogP contribution in [0.25, 0.3) is 11.0 Å². The van der Waals surface area contributed by atoms with Crippen LogP contribution in [0.15, 0.2) is 6.07 Å². The van der Waals surface area contributed by atoms with Crippen molar-refractivity contribution >= 4 is 41.8 Å². The highest BCUT2D eigenvalue weighted by molar-refractivity contribution is 6.06. The molecular formula is C20H33Cl2N5O. The molecule has 2 N–H and O–H groups in total. The highest BCUT2D eigenvalue weighted by atomic mass is 35.5. The minimum Gasteiger partial charge on any atom is -0.339 e. The Morgan fingerprint density at radius 3 is 2.29 bits per heavy atom. The van der Waals surface area contributed by atoms with Crippen LogP contribution in [0, 0.1) is 6.92 Å². The number of aromatic nitrogens is 3. The van der Waals surface area contributed by atoms with E-state index in [-0.39, 0.29) is 48.2 Å². The lowest BCUT2D eigenvalue weighted by Crippen LogP contribution is -2.43. The zero-order chi connectivity index (χ0) is 19.2. The minimum atomic E-state index is -0.201. The number of pyridine rings is 1. The third-order valence-corrected chi connectivity index (χ3v) is 5.12. The second-order valence-corrected chi connectivity index (χ2v) is 8.75. The van der Waals surface area contributed by atoms with Gasteiger partial charge in [-0.05, 0) is 52.5 Å². The normalized spacial score (nSPS) is 15.5. The highest BCUT2D eigenvalue weighted by Gasteiger charge is 2.28. The second kappa shape index (κ2) is 8.97. The van der Waals surface area contributed by atoms with Gasteiger partial charge in [0.15, 0.2) is 5.65 Å². The van der Waals surface area contributed by atoms with E-state index in [1.165, 1.54) is 0 Å². The van der Waals surface area contributed by atoms with Crippen molar-refractivity contribution < 1.29 is 4.79 Å². The fraction of sp³-hybridized carbons (Fsp3) is 0.650. The molecule has 1 saturated heterocycles. The number of amides is 1. The smallest absolute Gasteiger partial charge is 0.254 e. The third-order valence-electron chi connectivity index (χ3n) is 5.12. The van der Waals surface area contributed by atoms with Gasteiger partial charge in [0.25, 0.3) is 5.91 Å². The summed E-state index contributed by atoms with van der Waals surface area (Å²) in [6, 6.07) is 2.17. The van der Waals surface area contributed by atoms with Crippen molar-refractivity contribution in [3.05, 3.63) is 23.0 Å². The first-order valence-corrected chi connectivity index (χ1v) is 9.55. The summed E-state index contributed by atoms with van der Waals surface area (Å²) >= 11 is 0. The molecule has 0 bridgehead atoms. The number of piperidine rings is 1. The van der Waals surface area contributed by atoms with Crippen LogP contribution in [-0.2, 0) is 5.54 Å². The number of hydrogen-bond donors (Lipinski definition) is 1. The molecule has 1 aliphatic heterocycles. The summed E-state index contributed by atoms with van der Waals surface area (Å²) in [5, 5.41) is 5.60. The summed E-state index contributed by atoms with van der Waals surface area (Å²) in [7, 11) is 0. The first-order chi connectivity index (χ1) is 12.1. The first kappa shape index (κ1) is 24.7. The standard InChI is InChI=1S/C20H31N5O.2ClH/c1-12(2)16-11-15(19(26)24-9-7-14(21)8-10-24)17-13(3)23-25(18(17)22-16)20(4,5)6;;/h11-12,14H,7-10,21H2,1-6H3;2*1H. The van der Waals surface area contributed by atoms with E-state index in [1.54, 1.807) is 0 Å². The Morgan fingerprint density at radius 1 is 1.21 bits per heavy atom. The number of hydrogen-bond acceptors (Lipinski definition) is 4. The minimum absolute atomic E-state index is 0. The first-order valence-electron chi connectivity index (χ1n) is 9.55. The zero-order valence-electron chi connectivity index (χ0n) is 17.7. The monoisotopic (exact) mass is 429 g/mol. The lowest BCUT2D eigenvalue weighted by molar-refractivity contribution is 0.0716. The van der Waals surface area contributed by atoms with Crippen molar-refractivity contribution in [1.82, 2.24) is 19.7 Å². The van der Waals surface area contributed by atoms with E-state index in [9.17, 15) is 4.79 Å². The van der Waals surface area contributed by atoms with Crippen LogP contribution < -0.4 is 5.73 Å². The van der Waals surface area contributed by atoms with Crippen LogP contribution in [0.5, 0.6) is 0 Å². The van der Waals surface area contributed by atoms with Crippen LogP contribution in [-0.4, -0.2) is 44.7 Å². The maximum atomic E-state index is 13.3. The number of aryl methyl sites for hydroxylation is 1. The number of carbonyl (C=O) groups excluding carboxylic acids is 1. The average Bonchev–Trinajstić information content (AvgIpc) is 2.91. The molecule has 0 spiro atoms. The molecule has 0 atom stereocenters. The molecular weight excluding hydrogens is 397 g/mol. The number of rotatable bonds is 2. The van der Waals surface area contributed by atoms with E-state index < -0.39 is 0 Å². The average molecular weight is 430 g/mol. The van der Waals surface area contributed by atoms with Crippen molar-refractivity contribution in [2.24, 2.45) is 5.73 Å².